The van der Waals surface area contributed by atoms with E-state index in [2.05, 4.69) is 41.0 Å². The molecule has 0 saturated carbocycles. The Morgan fingerprint density at radius 2 is 0.776 bits per heavy atom. The number of nitrogens with two attached hydrogens (primary N) is 1. The number of hydrogen-bond acceptors (Lipinski definition) is 11. The normalized spacial score (nSPS) is 9.57. The number of amides is 4. The van der Waals surface area contributed by atoms with Crippen LogP contribution in [0, 0.1) is 0 Å². The molecule has 0 aromatic heterocycles. The highest BCUT2D eigenvalue weighted by molar-refractivity contribution is 6.64. The van der Waals surface area contributed by atoms with Crippen LogP contribution in [0.4, 0.5) is 11.4 Å². The van der Waals surface area contributed by atoms with Gasteiger partial charge in [-0.2, -0.15) is 0 Å². The van der Waals surface area contributed by atoms with Crippen LogP contribution in [0.3, 0.4) is 0 Å². The van der Waals surface area contributed by atoms with E-state index in [0.29, 0.717) is 52.0 Å². The lowest BCUT2D eigenvalue weighted by Gasteiger charge is -2.09. The lowest BCUT2D eigenvalue weighted by atomic mass is 10.2. The molecule has 0 saturated heterocycles. The zero-order valence-electron chi connectivity index (χ0n) is 31.0. The third-order valence-electron chi connectivity index (χ3n) is 6.59. The minimum atomic E-state index is -0.607. The summed E-state index contributed by atoms with van der Waals surface area (Å²) in [5.74, 6) is 0.585. The molecule has 6 N–H and O–H groups in total. The summed E-state index contributed by atoms with van der Waals surface area (Å²) in [7, 11) is 0. The summed E-state index contributed by atoms with van der Waals surface area (Å²) in [6, 6.07) is 25.7. The second kappa shape index (κ2) is 26.8. The van der Waals surface area contributed by atoms with Gasteiger partial charge in [-0.3, -0.25) is 28.8 Å². The van der Waals surface area contributed by atoms with E-state index in [1.165, 1.54) is 12.4 Å². The van der Waals surface area contributed by atoms with Crippen LogP contribution in [0.15, 0.2) is 135 Å². The van der Waals surface area contributed by atoms with Crippen molar-refractivity contribution in [1.29, 1.82) is 0 Å². The maximum atomic E-state index is 12.3. The number of ether oxygens (including phenoxy) is 4. The highest BCUT2D eigenvalue weighted by atomic mass is 35.5. The largest absolute Gasteiger partial charge is 0.484 e. The number of rotatable bonds is 19. The molecule has 0 unspecified atom stereocenters. The maximum absolute atomic E-state index is 12.3. The zero-order valence-corrected chi connectivity index (χ0v) is 32.6. The van der Waals surface area contributed by atoms with Gasteiger partial charge in [0.15, 0.2) is 26.4 Å². The number of benzene rings is 4. The summed E-state index contributed by atoms with van der Waals surface area (Å²) < 4.78 is 20.9. The first-order valence-corrected chi connectivity index (χ1v) is 17.6. The fourth-order valence-corrected chi connectivity index (χ4v) is 4.08. The van der Waals surface area contributed by atoms with Crippen LogP contribution in [-0.4, -0.2) is 67.1 Å². The van der Waals surface area contributed by atoms with Gasteiger partial charge < -0.3 is 45.9 Å². The summed E-state index contributed by atoms with van der Waals surface area (Å²) in [6.07, 6.45) is 4.21. The maximum Gasteiger partial charge on any atom is 0.261 e. The van der Waals surface area contributed by atoms with Gasteiger partial charge in [-0.1, -0.05) is 19.2 Å². The molecule has 0 atom stereocenters. The van der Waals surface area contributed by atoms with Crippen molar-refractivity contribution in [2.45, 2.75) is 0 Å². The van der Waals surface area contributed by atoms with E-state index in [4.69, 9.17) is 47.9 Å². The number of carbonyl (C=O) groups is 6. The molecule has 0 bridgehead atoms. The topological polar surface area (TPSA) is 213 Å². The number of carbonyl (C=O) groups excluding carboxylic acids is 6. The van der Waals surface area contributed by atoms with Crippen molar-refractivity contribution in [2.75, 3.05) is 43.6 Å². The number of nitrogens with one attached hydrogen (secondary N) is 4. The molecule has 0 aliphatic carbocycles. The molecule has 4 aromatic carbocycles. The first-order valence-electron chi connectivity index (χ1n) is 16.9. The first kappa shape index (κ1) is 47.2. The average Bonchev–Trinajstić information content (AvgIpc) is 3.22. The highest BCUT2D eigenvalue weighted by Crippen LogP contribution is 2.19. The standard InChI is InChI=1S/C21H21N3O5.C17H13Cl2NO5.C3H7N/c1-3-22-19(25)13-28-17-9-5-15(6-10-17)21(27)24-16-7-11-18(12-8-16)29-14-20(26)23-4-2;18-15(21)9-24-13-5-1-11(2-6-13)17(23)20-12-3-7-14(8-4-12)25-10-16(19)22;1-2-3-4/h3-12H,1-2,13-14H2,(H,22,25)(H,23,26)(H,24,27);1-8H,9-10H2,(H,20,23);2H,1,3-4H2. The van der Waals surface area contributed by atoms with E-state index < -0.39 is 10.5 Å². The summed E-state index contributed by atoms with van der Waals surface area (Å²) in [6.45, 7) is 9.97. The van der Waals surface area contributed by atoms with Crippen LogP contribution in [-0.2, 0) is 19.2 Å². The summed E-state index contributed by atoms with van der Waals surface area (Å²) >= 11 is 10.4. The van der Waals surface area contributed by atoms with E-state index in [9.17, 15) is 28.8 Å². The molecular formula is C41H41Cl2N5O10. The third-order valence-corrected chi connectivity index (χ3v) is 6.81. The zero-order chi connectivity index (χ0) is 42.7. The van der Waals surface area contributed by atoms with E-state index in [1.807, 2.05) is 0 Å². The quantitative estimate of drug-likeness (QED) is 0.0582. The molecule has 0 radical (unpaired) electrons. The number of hydrogen-bond donors (Lipinski definition) is 5. The molecule has 4 rings (SSSR count). The second-order valence-corrected chi connectivity index (χ2v) is 11.8. The molecule has 17 heteroatoms. The Balaban J connectivity index is 0.000000369. The van der Waals surface area contributed by atoms with Crippen molar-refractivity contribution in [3.63, 3.8) is 0 Å². The van der Waals surface area contributed by atoms with Crippen LogP contribution in [0.25, 0.3) is 0 Å². The Morgan fingerprint density at radius 3 is 1.03 bits per heavy atom. The van der Waals surface area contributed by atoms with Gasteiger partial charge in [0.2, 0.25) is 0 Å². The summed E-state index contributed by atoms with van der Waals surface area (Å²) in [5.41, 5.74) is 6.88. The predicted octanol–water partition coefficient (Wildman–Crippen LogP) is 5.57. The van der Waals surface area contributed by atoms with Crippen molar-refractivity contribution in [2.24, 2.45) is 5.73 Å². The van der Waals surface area contributed by atoms with E-state index >= 15 is 0 Å². The number of anilines is 2. The van der Waals surface area contributed by atoms with Crippen LogP contribution in [0.1, 0.15) is 20.7 Å². The second-order valence-electron chi connectivity index (χ2n) is 10.9. The van der Waals surface area contributed by atoms with Crippen molar-refractivity contribution >= 4 is 68.7 Å². The molecule has 0 spiro atoms. The molecule has 0 heterocycles. The lowest BCUT2D eigenvalue weighted by Crippen LogP contribution is -2.23. The monoisotopic (exact) mass is 833 g/mol. The Kier molecular flexibility index (Phi) is 21.8. The molecular weight excluding hydrogens is 793 g/mol. The Hall–Kier alpha value is -6.94. The van der Waals surface area contributed by atoms with Crippen molar-refractivity contribution in [1.82, 2.24) is 10.6 Å². The fourth-order valence-electron chi connectivity index (χ4n) is 3.97. The van der Waals surface area contributed by atoms with Gasteiger partial charge in [0.05, 0.1) is 0 Å². The highest BCUT2D eigenvalue weighted by Gasteiger charge is 2.10. The van der Waals surface area contributed by atoms with Crippen LogP contribution >= 0.6 is 23.2 Å². The summed E-state index contributed by atoms with van der Waals surface area (Å²) in [4.78, 5) is 68.4. The van der Waals surface area contributed by atoms with E-state index in [-0.39, 0.29) is 50.1 Å². The average molecular weight is 835 g/mol. The third kappa shape index (κ3) is 19.6. The fraction of sp³-hybridized carbons (Fsp3) is 0.122. The Morgan fingerprint density at radius 1 is 0.500 bits per heavy atom. The van der Waals surface area contributed by atoms with Gasteiger partial charge in [0.25, 0.3) is 34.1 Å². The Labute approximate surface area is 344 Å². The Bertz CT molecular complexity index is 1990. The predicted molar refractivity (Wildman–Crippen MR) is 221 cm³/mol. The summed E-state index contributed by atoms with van der Waals surface area (Å²) in [5, 5.41) is 9.07. The van der Waals surface area contributed by atoms with Crippen LogP contribution in [0.5, 0.6) is 23.0 Å². The molecule has 0 fully saturated rings. The van der Waals surface area contributed by atoms with Gasteiger partial charge >= 0.3 is 0 Å². The van der Waals surface area contributed by atoms with E-state index in [0.717, 1.165) is 0 Å². The van der Waals surface area contributed by atoms with Crippen molar-refractivity contribution in [3.05, 3.63) is 146 Å². The molecule has 4 amide bonds. The van der Waals surface area contributed by atoms with Crippen LogP contribution < -0.4 is 45.9 Å². The van der Waals surface area contributed by atoms with Crippen molar-refractivity contribution in [3.8, 4) is 23.0 Å². The van der Waals surface area contributed by atoms with Crippen molar-refractivity contribution < 1.29 is 47.7 Å². The molecule has 304 valence electrons. The number of halogens is 2. The van der Waals surface area contributed by atoms with E-state index in [1.54, 1.807) is 103 Å². The van der Waals surface area contributed by atoms with Gasteiger partial charge in [-0.25, -0.2) is 0 Å². The van der Waals surface area contributed by atoms with Gasteiger partial charge in [0, 0.05) is 29.0 Å². The smallest absolute Gasteiger partial charge is 0.261 e. The first-order chi connectivity index (χ1) is 27.9. The molecule has 0 aliphatic rings. The van der Waals surface area contributed by atoms with Crippen LogP contribution in [0.2, 0.25) is 0 Å². The molecule has 0 aliphatic heterocycles. The molecule has 15 nitrogen and oxygen atoms in total. The lowest BCUT2D eigenvalue weighted by molar-refractivity contribution is -0.122. The minimum absolute atomic E-state index is 0.138. The van der Waals surface area contributed by atoms with Gasteiger partial charge in [-0.15, -0.1) is 6.58 Å². The van der Waals surface area contributed by atoms with Gasteiger partial charge in [0.1, 0.15) is 23.0 Å². The molecule has 58 heavy (non-hydrogen) atoms. The minimum Gasteiger partial charge on any atom is -0.484 e. The SMILES string of the molecule is C=CCN.C=CNC(=O)COc1ccc(NC(=O)c2ccc(OCC(=O)NC=C)cc2)cc1.O=C(Cl)COc1ccc(NC(=O)c2ccc(OCC(=O)Cl)cc2)cc1. The molecule has 4 aromatic rings. The van der Waals surface area contributed by atoms with Gasteiger partial charge in [-0.05, 0) is 133 Å².